The third-order valence-electron chi connectivity index (χ3n) is 16.5. The lowest BCUT2D eigenvalue weighted by Crippen LogP contribution is -2.12. The molecule has 0 bridgehead atoms. The molecule has 0 unspecified atom stereocenters. The summed E-state index contributed by atoms with van der Waals surface area (Å²) in [5.74, 6) is 0.972. The molecule has 6 heterocycles. The molecule has 0 atom stereocenters. The topological polar surface area (TPSA) is 62.4 Å². The van der Waals surface area contributed by atoms with Gasteiger partial charge < -0.3 is 26.8 Å². The molecule has 17 rings (SSSR count). The second-order valence-corrected chi connectivity index (χ2v) is 20.3. The van der Waals surface area contributed by atoms with Gasteiger partial charge in [0.15, 0.2) is 0 Å². The Labute approximate surface area is 410 Å². The molecule has 6 nitrogen and oxygen atoms in total. The Kier molecular flexibility index (Phi) is 7.71. The molecule has 1 aliphatic carbocycles. The van der Waals surface area contributed by atoms with Gasteiger partial charge in [-0.25, -0.2) is 0 Å². The van der Waals surface area contributed by atoms with Crippen LogP contribution in [0.25, 0.3) is 143 Å². The Bertz CT molecular complexity index is 4540. The minimum atomic E-state index is 0.486. The first-order chi connectivity index (χ1) is 35.6. The molecule has 0 saturated heterocycles. The van der Waals surface area contributed by atoms with Crippen molar-refractivity contribution in [1.82, 2.24) is 9.13 Å². The van der Waals surface area contributed by atoms with Crippen molar-refractivity contribution >= 4 is 131 Å². The zero-order chi connectivity index (χ0) is 46.8. The van der Waals surface area contributed by atoms with Crippen molar-refractivity contribution in [3.8, 4) is 11.4 Å². The SMILES string of the molecule is c1ccc2c(c1)c1ccccc1n2-c1ccc2oc3cc4c(cc3c2c1)oc1ccc(C2CCC(c3ccc5oc6cc7c(cc6c5c3)oc3ccc(-n5c6ccccc6c6ccccc65)cc37)CC2)cc14. The summed E-state index contributed by atoms with van der Waals surface area (Å²) in [6.45, 7) is 0. The van der Waals surface area contributed by atoms with E-state index in [2.05, 4.69) is 203 Å². The van der Waals surface area contributed by atoms with Crippen LogP contribution < -0.4 is 0 Å². The number of hydrogen-bond acceptors (Lipinski definition) is 4. The van der Waals surface area contributed by atoms with Gasteiger partial charge >= 0.3 is 0 Å². The Morgan fingerprint density at radius 1 is 0.250 bits per heavy atom. The van der Waals surface area contributed by atoms with E-state index in [1.807, 2.05) is 0 Å². The van der Waals surface area contributed by atoms with E-state index in [0.717, 1.165) is 125 Å². The molecule has 340 valence electrons. The lowest BCUT2D eigenvalue weighted by molar-refractivity contribution is 0.396. The number of para-hydroxylation sites is 4. The van der Waals surface area contributed by atoms with Crippen molar-refractivity contribution < 1.29 is 17.7 Å². The maximum atomic E-state index is 6.59. The maximum absolute atomic E-state index is 6.59. The molecule has 0 aliphatic heterocycles. The average Bonchev–Trinajstić information content (AvgIpc) is 4.28. The fraction of sp³-hybridized carbons (Fsp3) is 0.0909. The number of rotatable bonds is 4. The van der Waals surface area contributed by atoms with Crippen LogP contribution in [-0.4, -0.2) is 9.13 Å². The molecule has 0 radical (unpaired) electrons. The fourth-order valence-corrected chi connectivity index (χ4v) is 13.1. The minimum absolute atomic E-state index is 0.486. The monoisotopic (exact) mass is 926 g/mol. The summed E-state index contributed by atoms with van der Waals surface area (Å²) in [4.78, 5) is 0. The van der Waals surface area contributed by atoms with E-state index in [1.165, 1.54) is 54.7 Å². The fourth-order valence-electron chi connectivity index (χ4n) is 13.1. The smallest absolute Gasteiger partial charge is 0.136 e. The molecule has 0 spiro atoms. The molecule has 0 amide bonds. The van der Waals surface area contributed by atoms with Crippen LogP contribution >= 0.6 is 0 Å². The molecule has 1 fully saturated rings. The summed E-state index contributed by atoms with van der Waals surface area (Å²) in [6, 6.07) is 70.1. The van der Waals surface area contributed by atoms with Crippen LogP contribution in [0.3, 0.4) is 0 Å². The maximum Gasteiger partial charge on any atom is 0.136 e. The number of nitrogens with zero attached hydrogens (tertiary/aromatic N) is 2. The second-order valence-electron chi connectivity index (χ2n) is 20.3. The van der Waals surface area contributed by atoms with Crippen molar-refractivity contribution in [2.24, 2.45) is 0 Å². The molecular weight excluding hydrogens is 885 g/mol. The predicted octanol–water partition coefficient (Wildman–Crippen LogP) is 18.9. The highest BCUT2D eigenvalue weighted by molar-refractivity contribution is 6.18. The van der Waals surface area contributed by atoms with Crippen LogP contribution in [0.5, 0.6) is 0 Å². The standard InChI is InChI=1S/C66H42N2O4/c1-5-13-55-43(9-1)44-10-2-6-14-56(44)67(55)41-23-27-61-49(31-41)53-35-63-51(33-65(53)71-61)47-29-39(21-25-59(47)69-63)37-17-19-38(20-18-37)40-22-26-60-48(30-40)52-34-66-54(36-64(52)70-60)50-32-42(24-28-62(50)72-66)68-57-15-7-3-11-45(57)46-12-4-8-16-58(46)68/h1-16,21-38H,17-20H2. The first-order valence-electron chi connectivity index (χ1n) is 25.3. The van der Waals surface area contributed by atoms with E-state index < -0.39 is 0 Å². The van der Waals surface area contributed by atoms with Crippen LogP contribution in [0, 0.1) is 0 Å². The van der Waals surface area contributed by atoms with Gasteiger partial charge in [0.25, 0.3) is 0 Å². The first kappa shape index (κ1) is 38.8. The van der Waals surface area contributed by atoms with E-state index >= 15 is 0 Å². The van der Waals surface area contributed by atoms with E-state index in [0.29, 0.717) is 11.8 Å². The van der Waals surface area contributed by atoms with Crippen LogP contribution in [0.15, 0.2) is 212 Å². The Morgan fingerprint density at radius 3 is 0.861 bits per heavy atom. The van der Waals surface area contributed by atoms with Crippen LogP contribution in [-0.2, 0) is 0 Å². The number of hydrogen-bond donors (Lipinski definition) is 0. The van der Waals surface area contributed by atoms with Gasteiger partial charge in [-0.2, -0.15) is 0 Å². The van der Waals surface area contributed by atoms with Gasteiger partial charge in [-0.15, -0.1) is 0 Å². The summed E-state index contributed by atoms with van der Waals surface area (Å²) in [7, 11) is 0. The summed E-state index contributed by atoms with van der Waals surface area (Å²) >= 11 is 0. The van der Waals surface area contributed by atoms with Gasteiger partial charge in [0, 0.05) is 76.0 Å². The number of benzene rings is 10. The summed E-state index contributed by atoms with van der Waals surface area (Å²) in [5, 5.41) is 13.8. The normalized spacial score (nSPS) is 15.8. The van der Waals surface area contributed by atoms with E-state index in [4.69, 9.17) is 17.7 Å². The zero-order valence-electron chi connectivity index (χ0n) is 39.0. The Morgan fingerprint density at radius 2 is 0.528 bits per heavy atom. The number of furan rings is 4. The average molecular weight is 927 g/mol. The van der Waals surface area contributed by atoms with E-state index in [9.17, 15) is 0 Å². The Balaban J connectivity index is 0.664. The van der Waals surface area contributed by atoms with Crippen LogP contribution in [0.4, 0.5) is 0 Å². The van der Waals surface area contributed by atoms with Crippen molar-refractivity contribution in [2.75, 3.05) is 0 Å². The molecule has 10 aromatic carbocycles. The van der Waals surface area contributed by atoms with Gasteiger partial charge in [0.05, 0.1) is 22.1 Å². The molecule has 1 saturated carbocycles. The summed E-state index contributed by atoms with van der Waals surface area (Å²) in [5.41, 5.74) is 16.8. The highest BCUT2D eigenvalue weighted by atomic mass is 16.3. The molecule has 0 N–H and O–H groups in total. The molecule has 72 heavy (non-hydrogen) atoms. The lowest BCUT2D eigenvalue weighted by atomic mass is 9.76. The lowest BCUT2D eigenvalue weighted by Gasteiger charge is -2.29. The predicted molar refractivity (Wildman–Crippen MR) is 295 cm³/mol. The van der Waals surface area contributed by atoms with Crippen molar-refractivity contribution in [3.05, 3.63) is 205 Å². The van der Waals surface area contributed by atoms with Crippen molar-refractivity contribution in [3.63, 3.8) is 0 Å². The van der Waals surface area contributed by atoms with Gasteiger partial charge in [-0.1, -0.05) is 84.9 Å². The third-order valence-corrected chi connectivity index (χ3v) is 16.5. The highest BCUT2D eigenvalue weighted by Crippen LogP contribution is 2.46. The quantitative estimate of drug-likeness (QED) is 0.176. The zero-order valence-corrected chi connectivity index (χ0v) is 39.0. The first-order valence-corrected chi connectivity index (χ1v) is 25.3. The van der Waals surface area contributed by atoms with Crippen molar-refractivity contribution in [1.29, 1.82) is 0 Å². The van der Waals surface area contributed by atoms with E-state index in [1.54, 1.807) is 0 Å². The molecule has 6 heteroatoms. The molecule has 16 aromatic rings. The molecule has 6 aromatic heterocycles. The third kappa shape index (κ3) is 5.44. The number of fused-ring (bicyclic) bond motifs is 18. The largest absolute Gasteiger partial charge is 0.456 e. The summed E-state index contributed by atoms with van der Waals surface area (Å²) in [6.07, 6.45) is 4.53. The van der Waals surface area contributed by atoms with Crippen LogP contribution in [0.2, 0.25) is 0 Å². The van der Waals surface area contributed by atoms with Gasteiger partial charge in [-0.3, -0.25) is 0 Å². The summed E-state index contributed by atoms with van der Waals surface area (Å²) < 4.78 is 31.1. The molecule has 1 aliphatic rings. The van der Waals surface area contributed by atoms with Crippen LogP contribution in [0.1, 0.15) is 48.6 Å². The number of aromatic nitrogens is 2. The van der Waals surface area contributed by atoms with Gasteiger partial charge in [0.1, 0.15) is 44.7 Å². The van der Waals surface area contributed by atoms with E-state index in [-0.39, 0.29) is 0 Å². The highest BCUT2D eigenvalue weighted by Gasteiger charge is 2.26. The second kappa shape index (κ2) is 14.3. The molecular formula is C66H42N2O4. The van der Waals surface area contributed by atoms with Crippen molar-refractivity contribution in [2.45, 2.75) is 37.5 Å². The van der Waals surface area contributed by atoms with Gasteiger partial charge in [-0.05, 0) is 158 Å². The Hall–Kier alpha value is -9.00. The van der Waals surface area contributed by atoms with Gasteiger partial charge in [0.2, 0.25) is 0 Å². The minimum Gasteiger partial charge on any atom is -0.456 e.